The summed E-state index contributed by atoms with van der Waals surface area (Å²) >= 11 is 0. The standard InChI is InChI=1S/C31H35N3O4.Na/c1-21(2)29(35)28(31(37)38)33-27(23-14-7-4-8-15-23)24-16-9-10-17-25(24)32-30(36)26-18-11-19-34(26)20-22-12-5-3-6-13-22;/h3-10,12-17,21,26,28-29,35H,11,18-20H2,1-2H3,(H,32,36)(H,37,38);/q;+1/p-1/t26-,28+,29-;/m0./s1. The van der Waals surface area contributed by atoms with E-state index in [0.717, 1.165) is 24.9 Å². The molecule has 0 spiro atoms. The van der Waals surface area contributed by atoms with Gasteiger partial charge in [0, 0.05) is 23.7 Å². The van der Waals surface area contributed by atoms with Crippen LogP contribution in [0.4, 0.5) is 5.69 Å². The molecular formula is C31H34N3NaO4. The van der Waals surface area contributed by atoms with Crippen molar-refractivity contribution in [3.8, 4) is 0 Å². The number of benzene rings is 3. The van der Waals surface area contributed by atoms with Crippen LogP contribution in [-0.4, -0.2) is 57.4 Å². The third kappa shape index (κ3) is 7.87. The molecule has 198 valence electrons. The van der Waals surface area contributed by atoms with Gasteiger partial charge in [0.25, 0.3) is 0 Å². The molecule has 0 saturated carbocycles. The second kappa shape index (κ2) is 14.5. The van der Waals surface area contributed by atoms with Crippen molar-refractivity contribution in [2.24, 2.45) is 15.9 Å². The number of rotatable bonds is 10. The van der Waals surface area contributed by atoms with Crippen LogP contribution in [0.15, 0.2) is 94.9 Å². The third-order valence-corrected chi connectivity index (χ3v) is 6.84. The summed E-state index contributed by atoms with van der Waals surface area (Å²) < 4.78 is 0. The van der Waals surface area contributed by atoms with E-state index < -0.39 is 18.1 Å². The fraction of sp³-hybridized carbons (Fsp3) is 0.323. The fourth-order valence-corrected chi connectivity index (χ4v) is 4.75. The molecule has 0 amide bonds. The smallest absolute Gasteiger partial charge is 0.861 e. The quantitative estimate of drug-likeness (QED) is 0.229. The number of para-hydroxylation sites is 1. The molecule has 1 aliphatic rings. The van der Waals surface area contributed by atoms with Gasteiger partial charge < -0.3 is 15.3 Å². The Balaban J connectivity index is 0.00000420. The number of aliphatic carboxylic acids is 1. The summed E-state index contributed by atoms with van der Waals surface area (Å²) in [6.45, 7) is 5.01. The Labute approximate surface area is 252 Å². The first kappa shape index (κ1) is 30.7. The van der Waals surface area contributed by atoms with Crippen molar-refractivity contribution < 1.29 is 49.7 Å². The van der Waals surface area contributed by atoms with E-state index in [1.165, 1.54) is 0 Å². The number of carboxylic acid groups (broad SMARTS) is 1. The molecule has 0 aliphatic carbocycles. The first-order valence-corrected chi connectivity index (χ1v) is 13.0. The van der Waals surface area contributed by atoms with Crippen molar-refractivity contribution in [2.45, 2.75) is 51.4 Å². The predicted molar refractivity (Wildman–Crippen MR) is 148 cm³/mol. The van der Waals surface area contributed by atoms with Crippen molar-refractivity contribution in [2.75, 3.05) is 6.54 Å². The number of aliphatic imine (C=N–C) groups is 2. The van der Waals surface area contributed by atoms with Crippen LogP contribution in [0.5, 0.6) is 0 Å². The van der Waals surface area contributed by atoms with E-state index in [4.69, 9.17) is 0 Å². The maximum absolute atomic E-state index is 13.5. The average Bonchev–Trinajstić information content (AvgIpc) is 3.38. The zero-order valence-electron chi connectivity index (χ0n) is 22.8. The summed E-state index contributed by atoms with van der Waals surface area (Å²) in [4.78, 5) is 23.4. The van der Waals surface area contributed by atoms with E-state index in [1.807, 2.05) is 54.6 Å². The number of aliphatic hydroxyl groups is 1. The minimum Gasteiger partial charge on any atom is -0.861 e. The van der Waals surface area contributed by atoms with Gasteiger partial charge in [0.15, 0.2) is 6.04 Å². The van der Waals surface area contributed by atoms with Gasteiger partial charge in [0.2, 0.25) is 0 Å². The van der Waals surface area contributed by atoms with Crippen LogP contribution in [0.3, 0.4) is 0 Å². The van der Waals surface area contributed by atoms with E-state index in [-0.39, 0.29) is 47.4 Å². The van der Waals surface area contributed by atoms with E-state index in [9.17, 15) is 20.1 Å². The molecule has 0 aromatic heterocycles. The largest absolute Gasteiger partial charge is 1.00 e. The van der Waals surface area contributed by atoms with Crippen molar-refractivity contribution >= 4 is 23.3 Å². The van der Waals surface area contributed by atoms with Gasteiger partial charge >= 0.3 is 35.5 Å². The topological polar surface area (TPSA) is 109 Å². The van der Waals surface area contributed by atoms with Gasteiger partial charge in [-0.1, -0.05) is 92.7 Å². The van der Waals surface area contributed by atoms with Gasteiger partial charge in [-0.3, -0.25) is 14.9 Å². The molecule has 0 unspecified atom stereocenters. The molecular weight excluding hydrogens is 501 g/mol. The van der Waals surface area contributed by atoms with E-state index in [2.05, 4.69) is 27.0 Å². The maximum Gasteiger partial charge on any atom is 1.00 e. The Morgan fingerprint density at radius 2 is 1.62 bits per heavy atom. The van der Waals surface area contributed by atoms with Crippen LogP contribution in [0, 0.1) is 5.92 Å². The Kier molecular flexibility index (Phi) is 11.5. The molecule has 3 aromatic carbocycles. The van der Waals surface area contributed by atoms with E-state index in [0.29, 0.717) is 29.1 Å². The number of nitrogens with zero attached hydrogens (tertiary/aromatic N) is 3. The monoisotopic (exact) mass is 535 g/mol. The van der Waals surface area contributed by atoms with Gasteiger partial charge in [-0.05, 0) is 42.8 Å². The Morgan fingerprint density at radius 1 is 1.00 bits per heavy atom. The molecule has 1 fully saturated rings. The number of aliphatic hydroxyl groups excluding tert-OH is 1. The maximum atomic E-state index is 13.5. The van der Waals surface area contributed by atoms with E-state index in [1.54, 1.807) is 32.0 Å². The summed E-state index contributed by atoms with van der Waals surface area (Å²) in [5.41, 5.74) is 3.17. The second-order valence-corrected chi connectivity index (χ2v) is 9.94. The molecule has 1 aliphatic heterocycles. The first-order valence-electron chi connectivity index (χ1n) is 13.0. The van der Waals surface area contributed by atoms with Crippen LogP contribution in [0.1, 0.15) is 43.4 Å². The number of carbonyl (C=O) groups is 1. The molecule has 39 heavy (non-hydrogen) atoms. The number of hydrogen-bond acceptors (Lipinski definition) is 6. The molecule has 7 nitrogen and oxygen atoms in total. The van der Waals surface area contributed by atoms with Crippen LogP contribution in [0.25, 0.3) is 0 Å². The zero-order chi connectivity index (χ0) is 27.1. The molecule has 0 bridgehead atoms. The molecule has 4 rings (SSSR count). The Hall–Kier alpha value is -2.81. The fourth-order valence-electron chi connectivity index (χ4n) is 4.75. The summed E-state index contributed by atoms with van der Waals surface area (Å²) in [6.07, 6.45) is 0.477. The summed E-state index contributed by atoms with van der Waals surface area (Å²) in [6, 6.07) is 24.7. The van der Waals surface area contributed by atoms with Crippen molar-refractivity contribution in [3.05, 3.63) is 102 Å². The van der Waals surface area contributed by atoms with E-state index >= 15 is 0 Å². The molecule has 1 saturated heterocycles. The molecule has 3 atom stereocenters. The van der Waals surface area contributed by atoms with Crippen LogP contribution in [-0.2, 0) is 11.3 Å². The minimum absolute atomic E-state index is 0. The molecule has 1 heterocycles. The van der Waals surface area contributed by atoms with Crippen LogP contribution >= 0.6 is 0 Å². The Bertz CT molecular complexity index is 1280. The molecule has 3 aromatic rings. The third-order valence-electron chi connectivity index (χ3n) is 6.84. The second-order valence-electron chi connectivity index (χ2n) is 9.94. The summed E-state index contributed by atoms with van der Waals surface area (Å²) in [5.74, 6) is -1.75. The van der Waals surface area contributed by atoms with Gasteiger partial charge in [-0.15, -0.1) is 0 Å². The molecule has 8 heteroatoms. The summed E-state index contributed by atoms with van der Waals surface area (Å²) in [7, 11) is 0. The van der Waals surface area contributed by atoms with Crippen LogP contribution < -0.4 is 34.7 Å². The van der Waals surface area contributed by atoms with Crippen molar-refractivity contribution in [3.63, 3.8) is 0 Å². The molecule has 2 N–H and O–H groups in total. The predicted octanol–water partition coefficient (Wildman–Crippen LogP) is 1.05. The van der Waals surface area contributed by atoms with Gasteiger partial charge in [-0.2, -0.15) is 0 Å². The zero-order valence-corrected chi connectivity index (χ0v) is 24.8. The SMILES string of the molecule is CC(C)[C@H](O)[C@@H](N=C(c1ccccc1)c1ccccc1N=C([O-])[C@@H]1CCCN1Cc1ccccc1)C(=O)O.[Na+]. The number of hydrogen-bond donors (Lipinski definition) is 2. The Morgan fingerprint density at radius 3 is 2.26 bits per heavy atom. The minimum atomic E-state index is -1.37. The summed E-state index contributed by atoms with van der Waals surface area (Å²) in [5, 5.41) is 34.0. The van der Waals surface area contributed by atoms with Crippen molar-refractivity contribution in [1.29, 1.82) is 0 Å². The number of likely N-dealkylation sites (tertiary alicyclic amines) is 1. The van der Waals surface area contributed by atoms with Crippen molar-refractivity contribution in [1.82, 2.24) is 4.90 Å². The van der Waals surface area contributed by atoms with Gasteiger partial charge in [-0.25, -0.2) is 4.79 Å². The average molecular weight is 536 g/mol. The molecule has 0 radical (unpaired) electrons. The normalized spacial score (nSPS) is 18.0. The number of carboxylic acids is 1. The van der Waals surface area contributed by atoms with Crippen LogP contribution in [0.2, 0.25) is 0 Å². The van der Waals surface area contributed by atoms with Gasteiger partial charge in [0.1, 0.15) is 0 Å². The van der Waals surface area contributed by atoms with Gasteiger partial charge in [0.05, 0.1) is 17.5 Å². The first-order chi connectivity index (χ1) is 18.3.